The molecule has 1 heterocycles. The molecule has 7 heteroatoms. The van der Waals surface area contributed by atoms with Crippen molar-refractivity contribution < 1.29 is 14.4 Å². The van der Waals surface area contributed by atoms with Gasteiger partial charge >= 0.3 is 6.03 Å². The molecule has 6 nitrogen and oxygen atoms in total. The monoisotopic (exact) mass is 389 g/mol. The van der Waals surface area contributed by atoms with Crippen LogP contribution in [0.2, 0.25) is 0 Å². The zero-order valence-electron chi connectivity index (χ0n) is 15.7. The lowest BCUT2D eigenvalue weighted by Crippen LogP contribution is -2.49. The van der Waals surface area contributed by atoms with Crippen LogP contribution in [0.15, 0.2) is 30.3 Å². The van der Waals surface area contributed by atoms with Crippen LogP contribution in [0, 0.1) is 0 Å². The summed E-state index contributed by atoms with van der Waals surface area (Å²) in [6, 6.07) is 9.26. The highest BCUT2D eigenvalue weighted by Crippen LogP contribution is 2.28. The van der Waals surface area contributed by atoms with E-state index in [4.69, 9.17) is 0 Å². The van der Waals surface area contributed by atoms with Gasteiger partial charge in [0.05, 0.1) is 5.75 Å². The molecule has 0 radical (unpaired) electrons. The Morgan fingerprint density at radius 2 is 1.93 bits per heavy atom. The van der Waals surface area contributed by atoms with E-state index < -0.39 is 17.5 Å². The van der Waals surface area contributed by atoms with E-state index in [-0.39, 0.29) is 11.7 Å². The minimum absolute atomic E-state index is 0.266. The number of hydrogen-bond acceptors (Lipinski definition) is 4. The maximum Gasteiger partial charge on any atom is 0.344 e. The molecule has 3 rings (SSSR count). The number of hydrazine groups is 1. The average molecular weight is 390 g/mol. The first kappa shape index (κ1) is 19.7. The van der Waals surface area contributed by atoms with Crippen molar-refractivity contribution in [2.75, 3.05) is 5.75 Å². The van der Waals surface area contributed by atoms with Gasteiger partial charge in [0.25, 0.3) is 5.91 Å². The molecule has 1 saturated carbocycles. The molecule has 0 bridgehead atoms. The van der Waals surface area contributed by atoms with Crippen LogP contribution in [-0.4, -0.2) is 39.4 Å². The number of nitrogens with zero attached hydrogens (tertiary/aromatic N) is 1. The van der Waals surface area contributed by atoms with Crippen LogP contribution < -0.4 is 10.7 Å². The van der Waals surface area contributed by atoms with Gasteiger partial charge < -0.3 is 5.32 Å². The van der Waals surface area contributed by atoms with Gasteiger partial charge in [0.2, 0.25) is 5.91 Å². The van der Waals surface area contributed by atoms with E-state index in [1.165, 1.54) is 19.3 Å². The van der Waals surface area contributed by atoms with Crippen molar-refractivity contribution in [1.29, 1.82) is 0 Å². The summed E-state index contributed by atoms with van der Waals surface area (Å²) in [5, 5.41) is 4.07. The summed E-state index contributed by atoms with van der Waals surface area (Å²) >= 11 is 1.62. The number of carbonyl (C=O) groups excluding carboxylic acids is 3. The molecule has 2 N–H and O–H groups in total. The summed E-state index contributed by atoms with van der Waals surface area (Å²) in [4.78, 5) is 37.2. The number of nitrogens with one attached hydrogen (secondary N) is 2. The van der Waals surface area contributed by atoms with Gasteiger partial charge in [-0.1, -0.05) is 49.6 Å². The fourth-order valence-corrected chi connectivity index (χ4v) is 4.69. The number of urea groups is 1. The van der Waals surface area contributed by atoms with Gasteiger partial charge in [-0.05, 0) is 38.2 Å². The molecule has 1 aromatic rings. The number of amides is 4. The normalized spacial score (nSPS) is 23.4. The van der Waals surface area contributed by atoms with Crippen molar-refractivity contribution in [1.82, 2.24) is 15.8 Å². The van der Waals surface area contributed by atoms with Gasteiger partial charge in [-0.15, -0.1) is 11.8 Å². The Hall–Kier alpha value is -2.02. The third kappa shape index (κ3) is 5.03. The van der Waals surface area contributed by atoms with Gasteiger partial charge in [0, 0.05) is 5.25 Å². The number of thioether (sulfide) groups is 1. The van der Waals surface area contributed by atoms with Crippen molar-refractivity contribution in [2.45, 2.75) is 62.7 Å². The van der Waals surface area contributed by atoms with Gasteiger partial charge in [-0.3, -0.25) is 15.0 Å². The fraction of sp³-hybridized carbons (Fsp3) is 0.550. The van der Waals surface area contributed by atoms with Crippen LogP contribution in [0.5, 0.6) is 0 Å². The summed E-state index contributed by atoms with van der Waals surface area (Å²) < 4.78 is 0. The maximum atomic E-state index is 12.7. The molecule has 2 aliphatic rings. The minimum atomic E-state index is -1.00. The standard InChI is InChI=1S/C20H27N3O3S/c1-20(13-12-15-8-4-2-5-9-15)18(25)23(19(26)21-20)22-17(24)14-27-16-10-6-3-7-11-16/h2,4-5,8-9,16H,3,6-7,10-14H2,1H3,(H,21,26)(H,22,24)/t20-/m1/s1. The highest BCUT2D eigenvalue weighted by atomic mass is 32.2. The van der Waals surface area contributed by atoms with Crippen LogP contribution in [0.25, 0.3) is 0 Å². The first-order valence-corrected chi connectivity index (χ1v) is 10.6. The molecule has 1 aromatic carbocycles. The molecule has 146 valence electrons. The SMILES string of the molecule is C[C@]1(CCc2ccccc2)NC(=O)N(NC(=O)CSC2CCCCC2)C1=O. The van der Waals surface area contributed by atoms with Crippen molar-refractivity contribution in [3.05, 3.63) is 35.9 Å². The van der Waals surface area contributed by atoms with Crippen molar-refractivity contribution in [2.24, 2.45) is 0 Å². The second-order valence-corrected chi connectivity index (χ2v) is 8.78. The third-order valence-corrected chi connectivity index (χ3v) is 6.63. The Morgan fingerprint density at radius 1 is 1.22 bits per heavy atom. The topological polar surface area (TPSA) is 78.5 Å². The van der Waals surface area contributed by atoms with Gasteiger partial charge in [0.1, 0.15) is 5.54 Å². The van der Waals surface area contributed by atoms with E-state index in [0.29, 0.717) is 18.1 Å². The first-order valence-electron chi connectivity index (χ1n) is 9.60. The van der Waals surface area contributed by atoms with E-state index >= 15 is 0 Å². The molecule has 2 fully saturated rings. The van der Waals surface area contributed by atoms with Crippen LogP contribution in [0.4, 0.5) is 4.79 Å². The largest absolute Gasteiger partial charge is 0.344 e. The van der Waals surface area contributed by atoms with E-state index in [9.17, 15) is 14.4 Å². The summed E-state index contributed by atoms with van der Waals surface area (Å²) in [5.41, 5.74) is 2.58. The predicted octanol–water partition coefficient (Wildman–Crippen LogP) is 3.03. The first-order chi connectivity index (χ1) is 13.0. The molecule has 27 heavy (non-hydrogen) atoms. The predicted molar refractivity (Wildman–Crippen MR) is 106 cm³/mol. The lowest BCUT2D eigenvalue weighted by molar-refractivity contribution is -0.138. The smallest absolute Gasteiger partial charge is 0.322 e. The average Bonchev–Trinajstić information content (AvgIpc) is 2.90. The highest BCUT2D eigenvalue weighted by molar-refractivity contribution is 8.00. The van der Waals surface area contributed by atoms with Gasteiger partial charge in [0.15, 0.2) is 0 Å². The van der Waals surface area contributed by atoms with Crippen LogP contribution in [-0.2, 0) is 16.0 Å². The van der Waals surface area contributed by atoms with Crippen LogP contribution >= 0.6 is 11.8 Å². The molecule has 0 spiro atoms. The van der Waals surface area contributed by atoms with Crippen molar-refractivity contribution in [3.63, 3.8) is 0 Å². The second-order valence-electron chi connectivity index (χ2n) is 7.49. The number of hydrogen-bond donors (Lipinski definition) is 2. The summed E-state index contributed by atoms with van der Waals surface area (Å²) in [7, 11) is 0. The van der Waals surface area contributed by atoms with E-state index in [2.05, 4.69) is 10.7 Å². The Balaban J connectivity index is 1.51. The van der Waals surface area contributed by atoms with Gasteiger partial charge in [-0.2, -0.15) is 5.01 Å². The quantitative estimate of drug-likeness (QED) is 0.703. The van der Waals surface area contributed by atoms with Crippen molar-refractivity contribution in [3.8, 4) is 0 Å². The maximum absolute atomic E-state index is 12.7. The molecule has 1 saturated heterocycles. The van der Waals surface area contributed by atoms with E-state index in [0.717, 1.165) is 23.4 Å². The van der Waals surface area contributed by atoms with Crippen LogP contribution in [0.1, 0.15) is 51.0 Å². The van der Waals surface area contributed by atoms with Gasteiger partial charge in [-0.25, -0.2) is 4.79 Å². The second kappa shape index (κ2) is 8.78. The number of rotatable bonds is 7. The van der Waals surface area contributed by atoms with Crippen LogP contribution in [0.3, 0.4) is 0 Å². The molecule has 1 aliphatic heterocycles. The molecular formula is C20H27N3O3S. The summed E-state index contributed by atoms with van der Waals surface area (Å²) in [6.07, 6.45) is 7.12. The lowest BCUT2D eigenvalue weighted by Gasteiger charge is -2.22. The zero-order valence-corrected chi connectivity index (χ0v) is 16.5. The number of benzene rings is 1. The lowest BCUT2D eigenvalue weighted by atomic mass is 9.93. The minimum Gasteiger partial charge on any atom is -0.322 e. The Bertz CT molecular complexity index is 691. The summed E-state index contributed by atoms with van der Waals surface area (Å²) in [6.45, 7) is 1.71. The number of carbonyl (C=O) groups is 3. The zero-order chi connectivity index (χ0) is 19.3. The van der Waals surface area contributed by atoms with Crippen molar-refractivity contribution >= 4 is 29.6 Å². The highest BCUT2D eigenvalue weighted by Gasteiger charge is 2.48. The Kier molecular flexibility index (Phi) is 6.42. The Morgan fingerprint density at radius 3 is 2.63 bits per heavy atom. The molecule has 0 aromatic heterocycles. The Labute approximate surface area is 164 Å². The fourth-order valence-electron chi connectivity index (χ4n) is 3.58. The molecule has 1 aliphatic carbocycles. The summed E-state index contributed by atoms with van der Waals surface area (Å²) in [5.74, 6) is -0.441. The molecule has 1 atom stereocenters. The van der Waals surface area contributed by atoms with E-state index in [1.807, 2.05) is 30.3 Å². The molecule has 4 amide bonds. The number of imide groups is 1. The molecular weight excluding hydrogens is 362 g/mol. The molecule has 0 unspecified atom stereocenters. The third-order valence-electron chi connectivity index (χ3n) is 5.26. The number of aryl methyl sites for hydroxylation is 1. The van der Waals surface area contributed by atoms with E-state index in [1.54, 1.807) is 18.7 Å².